The minimum atomic E-state index is -0.250. The average molecular weight is 369 g/mol. The van der Waals surface area contributed by atoms with Gasteiger partial charge in [0.2, 0.25) is 0 Å². The first-order chi connectivity index (χ1) is 7.13. The first-order valence-corrected chi connectivity index (χ1v) is 7.25. The van der Waals surface area contributed by atoms with E-state index in [-0.39, 0.29) is 30.4 Å². The van der Waals surface area contributed by atoms with E-state index in [1.165, 1.54) is 41.0 Å². The molecule has 1 rings (SSSR count). The zero-order valence-corrected chi connectivity index (χ0v) is 16.5. The molecule has 0 aliphatic heterocycles. The average Bonchev–Trinajstić information content (AvgIpc) is 2.34. The van der Waals surface area contributed by atoms with Crippen LogP contribution in [0.5, 0.6) is 0 Å². The van der Waals surface area contributed by atoms with Crippen molar-refractivity contribution < 1.29 is 49.0 Å². The standard InChI is InChI=1S/C9H13.C4H10N.CH2.2ClH.Zr/c1-6-5-7(2)9(4)8(6)3;1-4(2,3)5;;;;/h6H,1-4H3;5H,1-3H3;1H2;2*1H;/q2*-1;;;;+2/p-2. The summed E-state index contributed by atoms with van der Waals surface area (Å²) >= 11 is 1.30. The van der Waals surface area contributed by atoms with Gasteiger partial charge in [0.15, 0.2) is 0 Å². The second-order valence-electron chi connectivity index (χ2n) is 5.05. The van der Waals surface area contributed by atoms with Gasteiger partial charge < -0.3 is 30.5 Å². The Morgan fingerprint density at radius 1 is 1.11 bits per heavy atom. The first-order valence-electron chi connectivity index (χ1n) is 5.51. The molecular formula is C14H25Cl2NZr-2. The summed E-state index contributed by atoms with van der Waals surface area (Å²) in [5, 5.41) is 0. The molecule has 1 unspecified atom stereocenters. The molecule has 0 aromatic carbocycles. The number of nitrogens with one attached hydrogen (secondary N) is 1. The quantitative estimate of drug-likeness (QED) is 0.466. The SMILES string of the molecule is CC(C)(C)[NH-].CC1=[C-]C(C)C(C)=C1C.[CH2]=[Zr+2].[Cl-].[Cl-]. The molecule has 0 amide bonds. The minimum absolute atomic E-state index is 0. The van der Waals surface area contributed by atoms with Gasteiger partial charge in [0.05, 0.1) is 0 Å². The Kier molecular flexibility index (Phi) is 19.3. The molecule has 1 nitrogen and oxygen atoms in total. The van der Waals surface area contributed by atoms with Crippen molar-refractivity contribution >= 4 is 4.21 Å². The Morgan fingerprint density at radius 3 is 1.44 bits per heavy atom. The van der Waals surface area contributed by atoms with E-state index < -0.39 is 0 Å². The van der Waals surface area contributed by atoms with Gasteiger partial charge in [-0.3, -0.25) is 6.08 Å². The molecule has 0 spiro atoms. The van der Waals surface area contributed by atoms with Crippen LogP contribution >= 0.6 is 0 Å². The summed E-state index contributed by atoms with van der Waals surface area (Å²) in [5.74, 6) is 0.560. The molecule has 0 saturated carbocycles. The summed E-state index contributed by atoms with van der Waals surface area (Å²) in [4.78, 5) is 0. The maximum absolute atomic E-state index is 6.94. The van der Waals surface area contributed by atoms with Gasteiger partial charge in [0.25, 0.3) is 0 Å². The fraction of sp³-hybridized carbons (Fsp3) is 0.643. The van der Waals surface area contributed by atoms with E-state index >= 15 is 0 Å². The van der Waals surface area contributed by atoms with Gasteiger partial charge in [-0.1, -0.05) is 47.5 Å². The van der Waals surface area contributed by atoms with Gasteiger partial charge >= 0.3 is 28.4 Å². The van der Waals surface area contributed by atoms with Crippen molar-refractivity contribution in [2.24, 2.45) is 5.92 Å². The van der Waals surface area contributed by atoms with Crippen LogP contribution in [0, 0.1) is 12.0 Å². The fourth-order valence-corrected chi connectivity index (χ4v) is 1.16. The summed E-state index contributed by atoms with van der Waals surface area (Å²) < 4.78 is 3.34. The van der Waals surface area contributed by atoms with Crippen molar-refractivity contribution in [2.45, 2.75) is 54.0 Å². The largest absolute Gasteiger partial charge is 1.00 e. The normalized spacial score (nSPS) is 17.2. The van der Waals surface area contributed by atoms with Gasteiger partial charge in [-0.25, -0.2) is 5.57 Å². The summed E-state index contributed by atoms with van der Waals surface area (Å²) in [5.41, 5.74) is 10.9. The Labute approximate surface area is 141 Å². The second kappa shape index (κ2) is 12.8. The van der Waals surface area contributed by atoms with Crippen LogP contribution in [0.1, 0.15) is 48.5 Å². The van der Waals surface area contributed by atoms with Crippen LogP contribution in [-0.2, 0) is 24.2 Å². The molecule has 1 aliphatic rings. The summed E-state index contributed by atoms with van der Waals surface area (Å²) in [6, 6.07) is 0. The third-order valence-corrected chi connectivity index (χ3v) is 2.24. The zero-order valence-electron chi connectivity index (χ0n) is 12.5. The van der Waals surface area contributed by atoms with Crippen LogP contribution < -0.4 is 24.8 Å². The van der Waals surface area contributed by atoms with E-state index in [1.807, 2.05) is 20.8 Å². The van der Waals surface area contributed by atoms with Gasteiger partial charge in [0, 0.05) is 0 Å². The summed E-state index contributed by atoms with van der Waals surface area (Å²) in [6.07, 6.45) is 3.36. The molecule has 18 heavy (non-hydrogen) atoms. The molecule has 1 atom stereocenters. The molecule has 0 bridgehead atoms. The van der Waals surface area contributed by atoms with E-state index in [4.69, 9.17) is 5.73 Å². The van der Waals surface area contributed by atoms with Crippen LogP contribution in [-0.4, -0.2) is 9.75 Å². The molecule has 0 aromatic rings. The fourth-order valence-electron chi connectivity index (χ4n) is 1.16. The van der Waals surface area contributed by atoms with Crippen molar-refractivity contribution in [3.63, 3.8) is 0 Å². The van der Waals surface area contributed by atoms with E-state index in [9.17, 15) is 0 Å². The predicted molar refractivity (Wildman–Crippen MR) is 71.2 cm³/mol. The van der Waals surface area contributed by atoms with Crippen LogP contribution in [0.3, 0.4) is 0 Å². The molecule has 0 aromatic heterocycles. The monoisotopic (exact) mass is 367 g/mol. The van der Waals surface area contributed by atoms with Gasteiger partial charge in [-0.2, -0.15) is 11.1 Å². The number of allylic oxidation sites excluding steroid dienone is 4. The van der Waals surface area contributed by atoms with Crippen molar-refractivity contribution in [2.75, 3.05) is 0 Å². The van der Waals surface area contributed by atoms with Crippen LogP contribution in [0.15, 0.2) is 16.7 Å². The van der Waals surface area contributed by atoms with E-state index in [2.05, 4.69) is 38.0 Å². The molecule has 1 N–H and O–H groups in total. The van der Waals surface area contributed by atoms with E-state index in [1.54, 1.807) is 0 Å². The third kappa shape index (κ3) is 14.8. The molecule has 4 heteroatoms. The second-order valence-corrected chi connectivity index (χ2v) is 5.05. The van der Waals surface area contributed by atoms with Crippen molar-refractivity contribution in [3.05, 3.63) is 28.5 Å². The van der Waals surface area contributed by atoms with E-state index in [0.717, 1.165) is 0 Å². The number of halogens is 2. The van der Waals surface area contributed by atoms with E-state index in [0.29, 0.717) is 5.92 Å². The third-order valence-electron chi connectivity index (χ3n) is 2.24. The van der Waals surface area contributed by atoms with Crippen LogP contribution in [0.25, 0.3) is 5.73 Å². The smallest absolute Gasteiger partial charge is 1.00 e. The van der Waals surface area contributed by atoms with Crippen LogP contribution in [0.2, 0.25) is 0 Å². The van der Waals surface area contributed by atoms with Gasteiger partial charge in [0.1, 0.15) is 0 Å². The number of hydrogen-bond acceptors (Lipinski definition) is 0. The summed E-state index contributed by atoms with van der Waals surface area (Å²) in [6.45, 7) is 14.2. The maximum Gasteiger partial charge on any atom is -1.00 e. The van der Waals surface area contributed by atoms with Crippen molar-refractivity contribution in [3.8, 4) is 0 Å². The Balaban J connectivity index is -0.0000000959. The number of hydrogen-bond donors (Lipinski definition) is 0. The number of rotatable bonds is 0. The van der Waals surface area contributed by atoms with Crippen LogP contribution in [0.4, 0.5) is 0 Å². The topological polar surface area (TPSA) is 23.8 Å². The Morgan fingerprint density at radius 2 is 1.39 bits per heavy atom. The van der Waals surface area contributed by atoms with Crippen molar-refractivity contribution in [1.82, 2.24) is 0 Å². The Hall–Kier alpha value is 0.773. The molecule has 0 saturated heterocycles. The molecular weight excluding hydrogens is 344 g/mol. The predicted octanol–water partition coefficient (Wildman–Crippen LogP) is -1.47. The minimum Gasteiger partial charge on any atom is -1.00 e. The Bertz CT molecular complexity index is 272. The maximum atomic E-state index is 6.94. The molecule has 0 fully saturated rings. The summed E-state index contributed by atoms with van der Waals surface area (Å²) in [7, 11) is 0. The first kappa shape index (κ1) is 27.2. The zero-order chi connectivity index (χ0) is 13.5. The molecule has 1 aliphatic carbocycles. The molecule has 0 heterocycles. The van der Waals surface area contributed by atoms with Gasteiger partial charge in [-0.05, 0) is 0 Å². The molecule has 0 radical (unpaired) electrons. The molecule has 106 valence electrons. The van der Waals surface area contributed by atoms with Gasteiger partial charge in [-0.15, -0.1) is 12.5 Å². The van der Waals surface area contributed by atoms with Crippen molar-refractivity contribution in [1.29, 1.82) is 0 Å².